The number of hydrazine groups is 1. The van der Waals surface area contributed by atoms with E-state index in [0.29, 0.717) is 24.6 Å². The lowest BCUT2D eigenvalue weighted by atomic mass is 10.6. The van der Waals surface area contributed by atoms with Crippen molar-refractivity contribution in [1.82, 2.24) is 10.0 Å². The van der Waals surface area contributed by atoms with Crippen molar-refractivity contribution in [1.29, 1.82) is 0 Å². The predicted octanol–water partition coefficient (Wildman–Crippen LogP) is -0.807. The molecule has 0 aromatic carbocycles. The standard InChI is InChI=1S/C6H14N2O2S/c1-7(2)8-3-5-11(9,10)6-4-8/h3-6H2,1-2H3. The van der Waals surface area contributed by atoms with E-state index in [9.17, 15) is 8.42 Å². The van der Waals surface area contributed by atoms with Crippen LogP contribution in [0.4, 0.5) is 0 Å². The van der Waals surface area contributed by atoms with Crippen LogP contribution in [0.3, 0.4) is 0 Å². The Morgan fingerprint density at radius 2 is 1.64 bits per heavy atom. The lowest BCUT2D eigenvalue weighted by Crippen LogP contribution is -2.47. The van der Waals surface area contributed by atoms with Gasteiger partial charge in [0.1, 0.15) is 0 Å². The fraction of sp³-hybridized carbons (Fsp3) is 1.00. The molecule has 0 atom stereocenters. The van der Waals surface area contributed by atoms with Gasteiger partial charge in [-0.25, -0.2) is 18.4 Å². The van der Waals surface area contributed by atoms with E-state index in [2.05, 4.69) is 0 Å². The smallest absolute Gasteiger partial charge is 0.152 e. The molecule has 0 radical (unpaired) electrons. The van der Waals surface area contributed by atoms with E-state index < -0.39 is 9.84 Å². The Bertz CT molecular complexity index is 209. The van der Waals surface area contributed by atoms with Crippen LogP contribution < -0.4 is 0 Å². The van der Waals surface area contributed by atoms with Crippen molar-refractivity contribution in [3.63, 3.8) is 0 Å². The molecule has 1 heterocycles. The van der Waals surface area contributed by atoms with Crippen LogP contribution >= 0.6 is 0 Å². The molecule has 0 aromatic heterocycles. The molecule has 1 rings (SSSR count). The van der Waals surface area contributed by atoms with Crippen LogP contribution in [0, 0.1) is 0 Å². The summed E-state index contributed by atoms with van der Waals surface area (Å²) in [5, 5.41) is 3.97. The first-order chi connectivity index (χ1) is 5.01. The summed E-state index contributed by atoms with van der Waals surface area (Å²) in [6.07, 6.45) is 0. The Morgan fingerprint density at radius 3 is 2.00 bits per heavy atom. The van der Waals surface area contributed by atoms with Gasteiger partial charge >= 0.3 is 0 Å². The minimum atomic E-state index is -2.72. The lowest BCUT2D eigenvalue weighted by molar-refractivity contribution is 0.0352. The summed E-state index contributed by atoms with van der Waals surface area (Å²) in [5.41, 5.74) is 0. The van der Waals surface area contributed by atoms with Gasteiger partial charge in [-0.15, -0.1) is 0 Å². The highest BCUT2D eigenvalue weighted by atomic mass is 32.2. The minimum absolute atomic E-state index is 0.297. The van der Waals surface area contributed by atoms with Gasteiger partial charge in [0, 0.05) is 27.2 Å². The maximum absolute atomic E-state index is 11.0. The molecule has 1 aliphatic heterocycles. The fourth-order valence-corrected chi connectivity index (χ4v) is 2.28. The Balaban J connectivity index is 2.49. The third-order valence-electron chi connectivity index (χ3n) is 1.89. The molecule has 0 N–H and O–H groups in total. The molecule has 4 nitrogen and oxygen atoms in total. The third kappa shape index (κ3) is 2.43. The second-order valence-electron chi connectivity index (χ2n) is 2.95. The number of nitrogens with zero attached hydrogens (tertiary/aromatic N) is 2. The fourth-order valence-electron chi connectivity index (χ4n) is 1.10. The molecule has 0 amide bonds. The lowest BCUT2D eigenvalue weighted by Gasteiger charge is -2.31. The molecular formula is C6H14N2O2S. The van der Waals surface area contributed by atoms with Crippen molar-refractivity contribution in [2.75, 3.05) is 38.7 Å². The van der Waals surface area contributed by atoms with Crippen LogP contribution in [0.1, 0.15) is 0 Å². The second-order valence-corrected chi connectivity index (χ2v) is 5.26. The van der Waals surface area contributed by atoms with Gasteiger partial charge in [-0.2, -0.15) is 0 Å². The van der Waals surface area contributed by atoms with E-state index in [1.165, 1.54) is 0 Å². The maximum atomic E-state index is 11.0. The largest absolute Gasteiger partial charge is 0.248 e. The highest BCUT2D eigenvalue weighted by Gasteiger charge is 2.22. The average Bonchev–Trinajstić information content (AvgIpc) is 1.86. The van der Waals surface area contributed by atoms with E-state index in [0.717, 1.165) is 0 Å². The number of hydrogen-bond donors (Lipinski definition) is 0. The quantitative estimate of drug-likeness (QED) is 0.527. The van der Waals surface area contributed by atoms with Gasteiger partial charge in [0.15, 0.2) is 9.84 Å². The summed E-state index contributed by atoms with van der Waals surface area (Å²) in [6.45, 7) is 1.27. The van der Waals surface area contributed by atoms with Gasteiger partial charge in [-0.1, -0.05) is 0 Å². The first-order valence-corrected chi connectivity index (χ1v) is 5.46. The van der Waals surface area contributed by atoms with E-state index in [1.54, 1.807) is 0 Å². The number of hydrogen-bond acceptors (Lipinski definition) is 4. The molecule has 0 unspecified atom stereocenters. The van der Waals surface area contributed by atoms with Gasteiger partial charge in [-0.3, -0.25) is 0 Å². The summed E-state index contributed by atoms with van der Waals surface area (Å²) < 4.78 is 21.9. The van der Waals surface area contributed by atoms with Crippen molar-refractivity contribution < 1.29 is 8.42 Å². The van der Waals surface area contributed by atoms with Crippen molar-refractivity contribution >= 4 is 9.84 Å². The van der Waals surface area contributed by atoms with Crippen molar-refractivity contribution in [2.24, 2.45) is 0 Å². The average molecular weight is 178 g/mol. The Kier molecular flexibility index (Phi) is 2.51. The molecular weight excluding hydrogens is 164 g/mol. The van der Waals surface area contributed by atoms with Gasteiger partial charge < -0.3 is 0 Å². The maximum Gasteiger partial charge on any atom is 0.152 e. The summed E-state index contributed by atoms with van der Waals surface area (Å²) in [4.78, 5) is 0. The van der Waals surface area contributed by atoms with Crippen LogP contribution in [-0.2, 0) is 9.84 Å². The molecule has 11 heavy (non-hydrogen) atoms. The van der Waals surface area contributed by atoms with Gasteiger partial charge in [0.2, 0.25) is 0 Å². The van der Waals surface area contributed by atoms with Gasteiger partial charge in [-0.05, 0) is 0 Å². The van der Waals surface area contributed by atoms with Gasteiger partial charge in [0.25, 0.3) is 0 Å². The SMILES string of the molecule is CN(C)N1CCS(=O)(=O)CC1. The monoisotopic (exact) mass is 178 g/mol. The molecule has 0 aromatic rings. The second kappa shape index (κ2) is 3.08. The zero-order chi connectivity index (χ0) is 8.48. The summed E-state index contributed by atoms with van der Waals surface area (Å²) >= 11 is 0. The molecule has 66 valence electrons. The zero-order valence-corrected chi connectivity index (χ0v) is 7.76. The first kappa shape index (κ1) is 8.96. The highest BCUT2D eigenvalue weighted by Crippen LogP contribution is 2.03. The minimum Gasteiger partial charge on any atom is -0.248 e. The van der Waals surface area contributed by atoms with Crippen LogP contribution in [0.2, 0.25) is 0 Å². The van der Waals surface area contributed by atoms with E-state index in [4.69, 9.17) is 0 Å². The molecule has 1 fully saturated rings. The van der Waals surface area contributed by atoms with Gasteiger partial charge in [0.05, 0.1) is 11.5 Å². The normalized spacial score (nSPS) is 25.7. The van der Waals surface area contributed by atoms with E-state index >= 15 is 0 Å². The van der Waals surface area contributed by atoms with Crippen molar-refractivity contribution in [3.05, 3.63) is 0 Å². The van der Waals surface area contributed by atoms with Crippen molar-refractivity contribution in [2.45, 2.75) is 0 Å². The molecule has 0 bridgehead atoms. The first-order valence-electron chi connectivity index (χ1n) is 3.64. The van der Waals surface area contributed by atoms with Crippen LogP contribution in [-0.4, -0.2) is 57.1 Å². The highest BCUT2D eigenvalue weighted by molar-refractivity contribution is 7.91. The molecule has 0 saturated carbocycles. The zero-order valence-electron chi connectivity index (χ0n) is 6.95. The third-order valence-corrected chi connectivity index (χ3v) is 3.50. The number of sulfone groups is 1. The topological polar surface area (TPSA) is 40.6 Å². The van der Waals surface area contributed by atoms with Crippen LogP contribution in [0.15, 0.2) is 0 Å². The Morgan fingerprint density at radius 1 is 1.18 bits per heavy atom. The molecule has 5 heteroatoms. The van der Waals surface area contributed by atoms with Crippen molar-refractivity contribution in [3.8, 4) is 0 Å². The molecule has 0 aliphatic carbocycles. The molecule has 1 aliphatic rings. The van der Waals surface area contributed by atoms with Crippen LogP contribution in [0.5, 0.6) is 0 Å². The van der Waals surface area contributed by atoms with E-state index in [-0.39, 0.29) is 0 Å². The summed E-state index contributed by atoms with van der Waals surface area (Å²) in [7, 11) is 1.14. The van der Waals surface area contributed by atoms with E-state index in [1.807, 2.05) is 24.1 Å². The Hall–Kier alpha value is -0.130. The Labute approximate surface area is 67.7 Å². The number of rotatable bonds is 1. The molecule has 1 saturated heterocycles. The summed E-state index contributed by atoms with van der Waals surface area (Å²) in [6, 6.07) is 0. The molecule has 0 spiro atoms. The van der Waals surface area contributed by atoms with Crippen LogP contribution in [0.25, 0.3) is 0 Å². The predicted molar refractivity (Wildman–Crippen MR) is 43.9 cm³/mol. The summed E-state index contributed by atoms with van der Waals surface area (Å²) in [5.74, 6) is 0.594.